The summed E-state index contributed by atoms with van der Waals surface area (Å²) in [6.07, 6.45) is 6.69. The van der Waals surface area contributed by atoms with E-state index in [1.807, 2.05) is 0 Å². The summed E-state index contributed by atoms with van der Waals surface area (Å²) in [5.41, 5.74) is 0.758. The highest BCUT2D eigenvalue weighted by atomic mass is 15.1. The lowest BCUT2D eigenvalue weighted by Crippen LogP contribution is -2.09. The molecule has 0 amide bonds. The zero-order chi connectivity index (χ0) is 12.0. The second-order valence-corrected chi connectivity index (χ2v) is 2.59. The van der Waals surface area contributed by atoms with Crippen molar-refractivity contribution in [2.75, 3.05) is 9.80 Å². The number of hydrogen-bond acceptors (Lipinski definition) is 6. The Labute approximate surface area is 107 Å². The van der Waals surface area contributed by atoms with E-state index in [0.29, 0.717) is 11.4 Å². The average molecular weight is 240 g/mol. The predicted octanol–water partition coefficient (Wildman–Crippen LogP) is 2.50. The molecule has 0 aliphatic carbocycles. The summed E-state index contributed by atoms with van der Waals surface area (Å²) < 4.78 is 0. The van der Waals surface area contributed by atoms with Crippen molar-refractivity contribution in [2.24, 2.45) is 0 Å². The molecule has 0 bridgehead atoms. The van der Waals surface area contributed by atoms with E-state index in [4.69, 9.17) is 21.0 Å². The topological polar surface area (TPSA) is 102 Å². The minimum atomic E-state index is 0. The van der Waals surface area contributed by atoms with E-state index in [1.165, 1.54) is 24.3 Å². The zero-order valence-electron chi connectivity index (χ0n) is 7.99. The Kier molecular flexibility index (Phi) is 7.63. The maximum atomic E-state index is 8.59. The molecule has 0 saturated heterocycles. The van der Waals surface area contributed by atoms with E-state index in [0.717, 1.165) is 9.80 Å². The Morgan fingerprint density at radius 2 is 0.833 bits per heavy atom. The van der Waals surface area contributed by atoms with E-state index in [9.17, 15) is 0 Å². The molecule has 0 N–H and O–H groups in total. The first-order valence-corrected chi connectivity index (χ1v) is 4.06. The van der Waals surface area contributed by atoms with Crippen molar-refractivity contribution in [3.8, 4) is 24.8 Å². The van der Waals surface area contributed by atoms with Gasteiger partial charge in [-0.25, -0.2) is 0 Å². The molecule has 1 rings (SSSR count). The van der Waals surface area contributed by atoms with Crippen molar-refractivity contribution in [1.29, 1.82) is 21.0 Å². The quantitative estimate of drug-likeness (QED) is 0.581. The molecule has 6 heteroatoms. The number of rotatable bonds is 2. The summed E-state index contributed by atoms with van der Waals surface area (Å²) in [7, 11) is 0. The molecule has 0 fully saturated rings. The number of benzene rings is 1. The fraction of sp³-hybridized carbons (Fsp3) is 0.167. The maximum absolute atomic E-state index is 8.59. The smallest absolute Gasteiger partial charge is 0.183 e. The number of hydrogen-bond donors (Lipinski definition) is 0. The van der Waals surface area contributed by atoms with Crippen molar-refractivity contribution < 1.29 is 0 Å². The standard InChI is InChI=1S/C10H4N6.2CH4/c11-5-15(6-12)9-1-2-10(4-3-9)16(7-13)8-14;;/h1-4H;2*1H4. The Bertz CT molecular complexity index is 455. The summed E-state index contributed by atoms with van der Waals surface area (Å²) in [6, 6.07) is 5.90. The van der Waals surface area contributed by atoms with Crippen LogP contribution in [0.4, 0.5) is 11.4 Å². The molecule has 0 heterocycles. The van der Waals surface area contributed by atoms with Crippen LogP contribution in [0.15, 0.2) is 24.3 Å². The number of anilines is 2. The van der Waals surface area contributed by atoms with Crippen molar-refractivity contribution in [3.63, 3.8) is 0 Å². The highest BCUT2D eigenvalue weighted by Gasteiger charge is 2.06. The minimum absolute atomic E-state index is 0. The van der Waals surface area contributed by atoms with Crippen LogP contribution in [0.5, 0.6) is 0 Å². The molecular formula is C12H12N6. The van der Waals surface area contributed by atoms with Crippen LogP contribution >= 0.6 is 0 Å². The summed E-state index contributed by atoms with van der Waals surface area (Å²) in [5.74, 6) is 0. The van der Waals surface area contributed by atoms with Gasteiger partial charge < -0.3 is 0 Å². The normalized spacial score (nSPS) is 6.89. The third-order valence-corrected chi connectivity index (χ3v) is 1.77. The van der Waals surface area contributed by atoms with E-state index in [1.54, 1.807) is 24.8 Å². The van der Waals surface area contributed by atoms with Gasteiger partial charge >= 0.3 is 0 Å². The van der Waals surface area contributed by atoms with Crippen LogP contribution in [0.25, 0.3) is 0 Å². The molecule has 0 radical (unpaired) electrons. The maximum Gasteiger partial charge on any atom is 0.198 e. The minimum Gasteiger partial charge on any atom is -0.183 e. The van der Waals surface area contributed by atoms with Gasteiger partial charge in [-0.1, -0.05) is 14.9 Å². The Balaban J connectivity index is 0. The molecule has 0 spiro atoms. The molecule has 0 saturated carbocycles. The van der Waals surface area contributed by atoms with Crippen LogP contribution in [0.3, 0.4) is 0 Å². The second-order valence-electron chi connectivity index (χ2n) is 2.59. The van der Waals surface area contributed by atoms with Gasteiger partial charge in [-0.3, -0.25) is 0 Å². The average Bonchev–Trinajstić information content (AvgIpc) is 2.34. The molecule has 6 nitrogen and oxygen atoms in total. The van der Waals surface area contributed by atoms with Gasteiger partial charge in [0.2, 0.25) is 0 Å². The summed E-state index contributed by atoms with van der Waals surface area (Å²) in [6.45, 7) is 0. The van der Waals surface area contributed by atoms with Crippen molar-refractivity contribution in [1.82, 2.24) is 0 Å². The van der Waals surface area contributed by atoms with Gasteiger partial charge in [0.15, 0.2) is 24.8 Å². The third-order valence-electron chi connectivity index (χ3n) is 1.77. The van der Waals surface area contributed by atoms with Crippen LogP contribution in [0, 0.1) is 45.8 Å². The van der Waals surface area contributed by atoms with Crippen LogP contribution in [0.1, 0.15) is 14.9 Å². The summed E-state index contributed by atoms with van der Waals surface area (Å²) in [5, 5.41) is 34.4. The third kappa shape index (κ3) is 3.42. The van der Waals surface area contributed by atoms with Crippen LogP contribution < -0.4 is 9.80 Å². The van der Waals surface area contributed by atoms with Gasteiger partial charge in [-0.2, -0.15) is 30.8 Å². The molecular weight excluding hydrogens is 228 g/mol. The van der Waals surface area contributed by atoms with Crippen LogP contribution in [0.2, 0.25) is 0 Å². The SMILES string of the molecule is C.C.N#CN(C#N)c1ccc(N(C#N)C#N)cc1. The Morgan fingerprint density at radius 3 is 1.00 bits per heavy atom. The monoisotopic (exact) mass is 240 g/mol. The lowest BCUT2D eigenvalue weighted by Gasteiger charge is -2.08. The first-order valence-electron chi connectivity index (χ1n) is 4.06. The molecule has 90 valence electrons. The van der Waals surface area contributed by atoms with Crippen molar-refractivity contribution in [3.05, 3.63) is 24.3 Å². The molecule has 1 aromatic carbocycles. The zero-order valence-corrected chi connectivity index (χ0v) is 7.99. The lowest BCUT2D eigenvalue weighted by molar-refractivity contribution is 1.24. The molecule has 0 aromatic heterocycles. The van der Waals surface area contributed by atoms with E-state index in [-0.39, 0.29) is 14.9 Å². The number of nitriles is 4. The van der Waals surface area contributed by atoms with Crippen LogP contribution in [-0.4, -0.2) is 0 Å². The highest BCUT2D eigenvalue weighted by Crippen LogP contribution is 2.19. The second kappa shape index (κ2) is 7.99. The Hall–Kier alpha value is -3.22. The molecule has 18 heavy (non-hydrogen) atoms. The molecule has 0 atom stereocenters. The van der Waals surface area contributed by atoms with Gasteiger partial charge in [0.25, 0.3) is 0 Å². The van der Waals surface area contributed by atoms with Crippen LogP contribution in [-0.2, 0) is 0 Å². The molecule has 1 aromatic rings. The Morgan fingerprint density at radius 1 is 0.611 bits per heavy atom. The largest absolute Gasteiger partial charge is 0.198 e. The van der Waals surface area contributed by atoms with Crippen molar-refractivity contribution >= 4 is 11.4 Å². The van der Waals surface area contributed by atoms with E-state index >= 15 is 0 Å². The predicted molar refractivity (Wildman–Crippen MR) is 67.3 cm³/mol. The van der Waals surface area contributed by atoms with Gasteiger partial charge in [0.1, 0.15) is 0 Å². The van der Waals surface area contributed by atoms with Gasteiger partial charge in [0, 0.05) is 0 Å². The highest BCUT2D eigenvalue weighted by molar-refractivity contribution is 5.63. The van der Waals surface area contributed by atoms with E-state index < -0.39 is 0 Å². The lowest BCUT2D eigenvalue weighted by atomic mass is 10.2. The molecule has 0 unspecified atom stereocenters. The molecule has 0 aliphatic heterocycles. The van der Waals surface area contributed by atoms with Gasteiger partial charge in [-0.05, 0) is 24.3 Å². The summed E-state index contributed by atoms with van der Waals surface area (Å²) in [4.78, 5) is 1.62. The van der Waals surface area contributed by atoms with Gasteiger partial charge in [-0.15, -0.1) is 0 Å². The fourth-order valence-corrected chi connectivity index (χ4v) is 1.03. The first kappa shape index (κ1) is 17.2. The molecule has 0 aliphatic rings. The van der Waals surface area contributed by atoms with Gasteiger partial charge in [0.05, 0.1) is 11.4 Å². The number of nitrogens with zero attached hydrogens (tertiary/aromatic N) is 6. The van der Waals surface area contributed by atoms with Crippen molar-refractivity contribution in [2.45, 2.75) is 14.9 Å². The van der Waals surface area contributed by atoms with E-state index in [2.05, 4.69) is 0 Å². The summed E-state index contributed by atoms with van der Waals surface area (Å²) >= 11 is 0. The fourth-order valence-electron chi connectivity index (χ4n) is 1.03. The first-order chi connectivity index (χ1) is 7.76.